The van der Waals surface area contributed by atoms with Gasteiger partial charge in [-0.2, -0.15) is 0 Å². The van der Waals surface area contributed by atoms with Crippen LogP contribution in [0.4, 0.5) is 0 Å². The van der Waals surface area contributed by atoms with Crippen LogP contribution >= 0.6 is 11.8 Å². The van der Waals surface area contributed by atoms with E-state index >= 15 is 0 Å². The summed E-state index contributed by atoms with van der Waals surface area (Å²) in [6, 6.07) is 10.7. The van der Waals surface area contributed by atoms with Crippen molar-refractivity contribution in [3.05, 3.63) is 35.9 Å². The van der Waals surface area contributed by atoms with Gasteiger partial charge < -0.3 is 4.74 Å². The van der Waals surface area contributed by atoms with Crippen LogP contribution in [0.5, 0.6) is 0 Å². The molecule has 1 aliphatic heterocycles. The van der Waals surface area contributed by atoms with Crippen LogP contribution in [-0.4, -0.2) is 17.8 Å². The molecule has 0 N–H and O–H groups in total. The van der Waals surface area contributed by atoms with E-state index in [-0.39, 0.29) is 0 Å². The summed E-state index contributed by atoms with van der Waals surface area (Å²) in [5.74, 6) is 1.29. The van der Waals surface area contributed by atoms with Crippen molar-refractivity contribution in [3.63, 3.8) is 0 Å². The summed E-state index contributed by atoms with van der Waals surface area (Å²) in [5.41, 5.74) is 1.94. The number of hydrogen-bond donors (Lipinski definition) is 0. The van der Waals surface area contributed by atoms with Crippen LogP contribution in [0.15, 0.2) is 30.3 Å². The fourth-order valence-electron chi connectivity index (χ4n) is 1.97. The Labute approximate surface area is 103 Å². The third-order valence-corrected chi connectivity index (χ3v) is 4.16. The molecule has 0 saturated carbocycles. The first-order chi connectivity index (χ1) is 7.95. The molecule has 0 spiro atoms. The van der Waals surface area contributed by atoms with Gasteiger partial charge in [0.2, 0.25) is 0 Å². The van der Waals surface area contributed by atoms with Crippen LogP contribution in [-0.2, 0) is 11.2 Å². The van der Waals surface area contributed by atoms with E-state index < -0.39 is 0 Å². The van der Waals surface area contributed by atoms with E-state index in [0.29, 0.717) is 5.44 Å². The normalized spacial score (nSPS) is 20.1. The molecule has 1 aromatic carbocycles. The molecule has 2 rings (SSSR count). The summed E-state index contributed by atoms with van der Waals surface area (Å²) in [6.45, 7) is 0.935. The molecule has 1 saturated heterocycles. The van der Waals surface area contributed by atoms with Crippen molar-refractivity contribution < 1.29 is 4.74 Å². The van der Waals surface area contributed by atoms with Crippen molar-refractivity contribution >= 4 is 11.8 Å². The third kappa shape index (κ3) is 4.18. The highest BCUT2D eigenvalue weighted by atomic mass is 32.2. The molecule has 16 heavy (non-hydrogen) atoms. The lowest BCUT2D eigenvalue weighted by Gasteiger charge is -2.09. The van der Waals surface area contributed by atoms with Gasteiger partial charge in [0.05, 0.1) is 0 Å². The molecule has 88 valence electrons. The number of rotatable bonds is 6. The first-order valence-electron chi connectivity index (χ1n) is 6.22. The first-order valence-corrected chi connectivity index (χ1v) is 7.27. The summed E-state index contributed by atoms with van der Waals surface area (Å²) < 4.78 is 5.80. The van der Waals surface area contributed by atoms with Crippen molar-refractivity contribution in [3.8, 4) is 0 Å². The Kier molecular flexibility index (Phi) is 5.23. The number of hydrogen-bond acceptors (Lipinski definition) is 2. The van der Waals surface area contributed by atoms with E-state index in [4.69, 9.17) is 4.74 Å². The predicted octanol–water partition coefficient (Wildman–Crippen LogP) is 3.88. The van der Waals surface area contributed by atoms with Gasteiger partial charge in [0, 0.05) is 6.61 Å². The van der Waals surface area contributed by atoms with Crippen LogP contribution in [0.25, 0.3) is 0 Å². The van der Waals surface area contributed by atoms with Crippen LogP contribution in [0.2, 0.25) is 0 Å². The van der Waals surface area contributed by atoms with E-state index in [9.17, 15) is 0 Å². The van der Waals surface area contributed by atoms with Crippen molar-refractivity contribution in [1.82, 2.24) is 0 Å². The van der Waals surface area contributed by atoms with E-state index in [1.165, 1.54) is 43.4 Å². The molecule has 1 aromatic rings. The van der Waals surface area contributed by atoms with E-state index in [2.05, 4.69) is 30.3 Å². The topological polar surface area (TPSA) is 9.23 Å². The Morgan fingerprint density at radius 3 is 2.81 bits per heavy atom. The largest absolute Gasteiger partial charge is 0.368 e. The van der Waals surface area contributed by atoms with Gasteiger partial charge in [-0.25, -0.2) is 0 Å². The predicted molar refractivity (Wildman–Crippen MR) is 70.8 cm³/mol. The lowest BCUT2D eigenvalue weighted by molar-refractivity contribution is 0.108. The number of aryl methyl sites for hydroxylation is 1. The molecule has 1 aliphatic rings. The van der Waals surface area contributed by atoms with Crippen LogP contribution in [0, 0.1) is 0 Å². The van der Waals surface area contributed by atoms with Gasteiger partial charge in [-0.05, 0) is 43.4 Å². The number of ether oxygens (including phenoxy) is 1. The van der Waals surface area contributed by atoms with Crippen LogP contribution in [0.1, 0.15) is 31.2 Å². The minimum atomic E-state index is 0.497. The van der Waals surface area contributed by atoms with Crippen LogP contribution < -0.4 is 0 Å². The SMILES string of the molecule is c1ccc(CCCCO[C@H]2CCCS2)cc1. The van der Waals surface area contributed by atoms with E-state index in [0.717, 1.165) is 6.61 Å². The second-order valence-electron chi connectivity index (χ2n) is 4.26. The minimum absolute atomic E-state index is 0.497. The summed E-state index contributed by atoms with van der Waals surface area (Å²) in [5, 5.41) is 0. The van der Waals surface area contributed by atoms with Crippen molar-refractivity contribution in [1.29, 1.82) is 0 Å². The molecule has 1 nitrogen and oxygen atoms in total. The van der Waals surface area contributed by atoms with Gasteiger partial charge in [0.15, 0.2) is 0 Å². The van der Waals surface area contributed by atoms with Gasteiger partial charge >= 0.3 is 0 Å². The van der Waals surface area contributed by atoms with Gasteiger partial charge in [0.1, 0.15) is 5.44 Å². The zero-order valence-corrected chi connectivity index (χ0v) is 10.5. The molecule has 0 aromatic heterocycles. The Bertz CT molecular complexity index is 280. The maximum Gasteiger partial charge on any atom is 0.103 e. The Morgan fingerprint density at radius 1 is 1.19 bits per heavy atom. The summed E-state index contributed by atoms with van der Waals surface area (Å²) >= 11 is 1.97. The fourth-order valence-corrected chi connectivity index (χ4v) is 3.09. The molecule has 1 atom stereocenters. The summed E-state index contributed by atoms with van der Waals surface area (Å²) in [4.78, 5) is 0. The lowest BCUT2D eigenvalue weighted by atomic mass is 10.1. The molecule has 0 bridgehead atoms. The van der Waals surface area contributed by atoms with Crippen molar-refractivity contribution in [2.45, 2.75) is 37.5 Å². The average molecular weight is 236 g/mol. The standard InChI is InChI=1S/C14H20OS/c1-2-7-13(8-3-1)9-4-5-11-15-14-10-6-12-16-14/h1-3,7-8,14H,4-6,9-12H2/t14-/m1/s1. The third-order valence-electron chi connectivity index (χ3n) is 2.89. The smallest absolute Gasteiger partial charge is 0.103 e. The van der Waals surface area contributed by atoms with Gasteiger partial charge in [0.25, 0.3) is 0 Å². The molecule has 0 unspecified atom stereocenters. The lowest BCUT2D eigenvalue weighted by Crippen LogP contribution is -2.05. The van der Waals surface area contributed by atoms with Gasteiger partial charge in [-0.15, -0.1) is 11.8 Å². The fraction of sp³-hybridized carbons (Fsp3) is 0.571. The highest BCUT2D eigenvalue weighted by Gasteiger charge is 2.14. The molecule has 1 heterocycles. The molecule has 0 amide bonds. The number of unbranched alkanes of at least 4 members (excludes halogenated alkanes) is 1. The summed E-state index contributed by atoms with van der Waals surface area (Å²) in [7, 11) is 0. The first kappa shape index (κ1) is 12.0. The monoisotopic (exact) mass is 236 g/mol. The average Bonchev–Trinajstić information content (AvgIpc) is 2.83. The second-order valence-corrected chi connectivity index (χ2v) is 5.52. The maximum absolute atomic E-state index is 5.80. The molecule has 1 fully saturated rings. The Morgan fingerprint density at radius 2 is 2.06 bits per heavy atom. The Hall–Kier alpha value is -0.470. The Balaban J connectivity index is 1.52. The van der Waals surface area contributed by atoms with Gasteiger partial charge in [-0.3, -0.25) is 0 Å². The molecular formula is C14H20OS. The maximum atomic E-state index is 5.80. The van der Waals surface area contributed by atoms with Crippen molar-refractivity contribution in [2.24, 2.45) is 0 Å². The number of benzene rings is 1. The molecule has 2 heteroatoms. The highest BCUT2D eigenvalue weighted by Crippen LogP contribution is 2.26. The summed E-state index contributed by atoms with van der Waals surface area (Å²) in [6.07, 6.45) is 6.19. The number of thioether (sulfide) groups is 1. The zero-order chi connectivity index (χ0) is 11.1. The van der Waals surface area contributed by atoms with E-state index in [1.54, 1.807) is 0 Å². The zero-order valence-electron chi connectivity index (χ0n) is 9.73. The van der Waals surface area contributed by atoms with Crippen LogP contribution in [0.3, 0.4) is 0 Å². The second kappa shape index (κ2) is 6.97. The van der Waals surface area contributed by atoms with Crippen molar-refractivity contribution in [2.75, 3.05) is 12.4 Å². The van der Waals surface area contributed by atoms with E-state index in [1.807, 2.05) is 11.8 Å². The molecular weight excluding hydrogens is 216 g/mol. The molecule has 0 aliphatic carbocycles. The molecule has 0 radical (unpaired) electrons. The minimum Gasteiger partial charge on any atom is -0.368 e. The quantitative estimate of drug-likeness (QED) is 0.693. The highest BCUT2D eigenvalue weighted by molar-refractivity contribution is 8.00. The van der Waals surface area contributed by atoms with Gasteiger partial charge in [-0.1, -0.05) is 30.3 Å².